The summed E-state index contributed by atoms with van der Waals surface area (Å²) in [6.45, 7) is 7.60. The minimum absolute atomic E-state index is 0.0760. The Kier molecular flexibility index (Phi) is 8.12. The van der Waals surface area contributed by atoms with Crippen molar-refractivity contribution in [2.24, 2.45) is 0 Å². The molecular weight excluding hydrogens is 459 g/mol. The molecule has 1 fully saturated rings. The van der Waals surface area contributed by atoms with Gasteiger partial charge in [0.2, 0.25) is 11.8 Å². The third kappa shape index (κ3) is 6.35. The molecule has 3 aromatic rings. The van der Waals surface area contributed by atoms with Crippen LogP contribution in [-0.2, 0) is 16.1 Å². The Labute approximate surface area is 211 Å². The smallest absolute Gasteiger partial charge is 0.238 e. The number of aromatic nitrogens is 2. The van der Waals surface area contributed by atoms with E-state index in [1.54, 1.807) is 12.1 Å². The molecule has 2 aromatic carbocycles. The van der Waals surface area contributed by atoms with Crippen LogP contribution in [0.1, 0.15) is 17.0 Å². The van der Waals surface area contributed by atoms with E-state index in [0.717, 1.165) is 22.6 Å². The zero-order valence-corrected chi connectivity index (χ0v) is 21.1. The zero-order valence-electron chi connectivity index (χ0n) is 21.1. The van der Waals surface area contributed by atoms with Crippen LogP contribution in [0, 0.1) is 19.7 Å². The average Bonchev–Trinajstić information content (AvgIpc) is 3.13. The van der Waals surface area contributed by atoms with Crippen LogP contribution in [0.4, 0.5) is 10.1 Å². The summed E-state index contributed by atoms with van der Waals surface area (Å²) >= 11 is 0. The highest BCUT2D eigenvalue weighted by atomic mass is 19.1. The fourth-order valence-electron chi connectivity index (χ4n) is 4.51. The second-order valence-corrected chi connectivity index (χ2v) is 9.28. The van der Waals surface area contributed by atoms with Crippen molar-refractivity contribution in [3.63, 3.8) is 0 Å². The molecule has 1 aliphatic rings. The van der Waals surface area contributed by atoms with Crippen molar-refractivity contribution >= 4 is 17.5 Å². The number of carbonyl (C=O) groups is 2. The Morgan fingerprint density at radius 1 is 1.03 bits per heavy atom. The molecule has 1 aromatic heterocycles. The number of halogens is 1. The van der Waals surface area contributed by atoms with E-state index in [1.165, 1.54) is 12.1 Å². The number of aryl methyl sites for hydroxylation is 1. The van der Waals surface area contributed by atoms with E-state index >= 15 is 0 Å². The topological polar surface area (TPSA) is 73.7 Å². The number of rotatable bonds is 8. The standard InChI is InChI=1S/C27H33FN6O2/c1-20-25(21(2)34(30-20)24-10-5-4-6-11-24)17-31(3)19-27(36)33-14-12-32(13-15-33)18-26(35)29-23-9-7-8-22(28)16-23/h4-11,16H,12-15,17-19H2,1-3H3,(H,29,35). The predicted molar refractivity (Wildman–Crippen MR) is 137 cm³/mol. The number of piperazine rings is 1. The van der Waals surface area contributed by atoms with Crippen LogP contribution >= 0.6 is 0 Å². The van der Waals surface area contributed by atoms with Gasteiger partial charge in [-0.05, 0) is 51.2 Å². The second kappa shape index (κ2) is 11.5. The van der Waals surface area contributed by atoms with Gasteiger partial charge in [0.05, 0.1) is 24.5 Å². The van der Waals surface area contributed by atoms with Gasteiger partial charge in [0, 0.05) is 49.7 Å². The highest BCUT2D eigenvalue weighted by molar-refractivity contribution is 5.92. The number of carbonyl (C=O) groups excluding carboxylic acids is 2. The molecule has 9 heteroatoms. The molecule has 0 unspecified atom stereocenters. The summed E-state index contributed by atoms with van der Waals surface area (Å²) in [5, 5.41) is 7.42. The number of anilines is 1. The summed E-state index contributed by atoms with van der Waals surface area (Å²) in [7, 11) is 1.95. The monoisotopic (exact) mass is 492 g/mol. The van der Waals surface area contributed by atoms with Gasteiger partial charge in [-0.3, -0.25) is 19.4 Å². The van der Waals surface area contributed by atoms with Crippen molar-refractivity contribution in [1.29, 1.82) is 0 Å². The molecular formula is C27H33FN6O2. The molecule has 0 atom stereocenters. The van der Waals surface area contributed by atoms with Crippen LogP contribution in [0.5, 0.6) is 0 Å². The third-order valence-corrected chi connectivity index (χ3v) is 6.48. The Hall–Kier alpha value is -3.56. The van der Waals surface area contributed by atoms with Crippen LogP contribution in [-0.4, -0.2) is 82.6 Å². The molecule has 2 amide bonds. The molecule has 1 aliphatic heterocycles. The quantitative estimate of drug-likeness (QED) is 0.524. The molecule has 4 rings (SSSR count). The van der Waals surface area contributed by atoms with Crippen molar-refractivity contribution in [3.05, 3.63) is 77.4 Å². The summed E-state index contributed by atoms with van der Waals surface area (Å²) in [6.07, 6.45) is 0. The van der Waals surface area contributed by atoms with Gasteiger partial charge in [-0.25, -0.2) is 9.07 Å². The first-order chi connectivity index (χ1) is 17.3. The lowest BCUT2D eigenvalue weighted by atomic mass is 10.2. The van der Waals surface area contributed by atoms with Gasteiger partial charge in [-0.2, -0.15) is 5.10 Å². The number of para-hydroxylation sites is 1. The van der Waals surface area contributed by atoms with E-state index in [-0.39, 0.29) is 24.2 Å². The van der Waals surface area contributed by atoms with Crippen LogP contribution in [0.2, 0.25) is 0 Å². The molecule has 2 heterocycles. The van der Waals surface area contributed by atoms with Crippen LogP contribution < -0.4 is 5.32 Å². The van der Waals surface area contributed by atoms with Crippen molar-refractivity contribution in [3.8, 4) is 5.69 Å². The Morgan fingerprint density at radius 2 is 1.75 bits per heavy atom. The molecule has 36 heavy (non-hydrogen) atoms. The third-order valence-electron chi connectivity index (χ3n) is 6.48. The van der Waals surface area contributed by atoms with E-state index in [2.05, 4.69) is 12.2 Å². The molecule has 8 nitrogen and oxygen atoms in total. The van der Waals surface area contributed by atoms with E-state index in [9.17, 15) is 14.0 Å². The number of hydrogen-bond acceptors (Lipinski definition) is 5. The Morgan fingerprint density at radius 3 is 2.44 bits per heavy atom. The van der Waals surface area contributed by atoms with Gasteiger partial charge in [-0.15, -0.1) is 0 Å². The maximum Gasteiger partial charge on any atom is 0.238 e. The Balaban J connectivity index is 1.24. The van der Waals surface area contributed by atoms with Crippen molar-refractivity contribution in [2.45, 2.75) is 20.4 Å². The molecule has 1 N–H and O–H groups in total. The molecule has 0 spiro atoms. The van der Waals surface area contributed by atoms with Gasteiger partial charge in [0.1, 0.15) is 5.82 Å². The maximum absolute atomic E-state index is 13.3. The number of likely N-dealkylation sites (N-methyl/N-ethyl adjacent to an activating group) is 1. The first-order valence-corrected chi connectivity index (χ1v) is 12.1. The second-order valence-electron chi connectivity index (χ2n) is 9.28. The molecule has 0 saturated carbocycles. The fraction of sp³-hybridized carbons (Fsp3) is 0.370. The first kappa shape index (κ1) is 25.5. The number of nitrogens with zero attached hydrogens (tertiary/aromatic N) is 5. The van der Waals surface area contributed by atoms with E-state index in [0.29, 0.717) is 45.0 Å². The minimum atomic E-state index is -0.389. The number of benzene rings is 2. The highest BCUT2D eigenvalue weighted by Crippen LogP contribution is 2.19. The number of nitrogens with one attached hydrogen (secondary N) is 1. The SMILES string of the molecule is Cc1nn(-c2ccccc2)c(C)c1CN(C)CC(=O)N1CCN(CC(=O)Nc2cccc(F)c2)CC1. The summed E-state index contributed by atoms with van der Waals surface area (Å²) in [5.41, 5.74) is 4.62. The van der Waals surface area contributed by atoms with E-state index in [1.807, 2.05) is 63.7 Å². The minimum Gasteiger partial charge on any atom is -0.339 e. The van der Waals surface area contributed by atoms with Gasteiger partial charge in [-0.1, -0.05) is 24.3 Å². The lowest BCUT2D eigenvalue weighted by Gasteiger charge is -2.35. The fourth-order valence-corrected chi connectivity index (χ4v) is 4.51. The van der Waals surface area contributed by atoms with Crippen LogP contribution in [0.15, 0.2) is 54.6 Å². The van der Waals surface area contributed by atoms with Gasteiger partial charge in [0.25, 0.3) is 0 Å². The molecule has 190 valence electrons. The largest absolute Gasteiger partial charge is 0.339 e. The van der Waals surface area contributed by atoms with E-state index < -0.39 is 0 Å². The van der Waals surface area contributed by atoms with Crippen LogP contribution in [0.25, 0.3) is 5.69 Å². The van der Waals surface area contributed by atoms with Crippen LogP contribution in [0.3, 0.4) is 0 Å². The average molecular weight is 493 g/mol. The van der Waals surface area contributed by atoms with Gasteiger partial charge >= 0.3 is 0 Å². The van der Waals surface area contributed by atoms with E-state index in [4.69, 9.17) is 5.10 Å². The summed E-state index contributed by atoms with van der Waals surface area (Å²) in [5.74, 6) is -0.505. The van der Waals surface area contributed by atoms with Gasteiger partial charge < -0.3 is 10.2 Å². The zero-order chi connectivity index (χ0) is 25.7. The molecule has 1 saturated heterocycles. The van der Waals surface area contributed by atoms with Crippen molar-refractivity contribution in [2.75, 3.05) is 51.6 Å². The molecule has 0 aliphatic carbocycles. The first-order valence-electron chi connectivity index (χ1n) is 12.1. The van der Waals surface area contributed by atoms with Crippen molar-refractivity contribution < 1.29 is 14.0 Å². The summed E-state index contributed by atoms with van der Waals surface area (Å²) < 4.78 is 15.3. The predicted octanol–water partition coefficient (Wildman–Crippen LogP) is 2.84. The number of amides is 2. The molecule has 0 radical (unpaired) electrons. The highest BCUT2D eigenvalue weighted by Gasteiger charge is 2.24. The normalized spacial score (nSPS) is 14.3. The van der Waals surface area contributed by atoms with Crippen molar-refractivity contribution in [1.82, 2.24) is 24.5 Å². The summed E-state index contributed by atoms with van der Waals surface area (Å²) in [4.78, 5) is 31.1. The Bertz CT molecular complexity index is 1200. The molecule has 0 bridgehead atoms. The van der Waals surface area contributed by atoms with Gasteiger partial charge in [0.15, 0.2) is 0 Å². The summed E-state index contributed by atoms with van der Waals surface area (Å²) in [6, 6.07) is 15.9. The number of hydrogen-bond donors (Lipinski definition) is 1. The lowest BCUT2D eigenvalue weighted by Crippen LogP contribution is -2.52. The lowest BCUT2D eigenvalue weighted by molar-refractivity contribution is -0.134. The maximum atomic E-state index is 13.3.